The third kappa shape index (κ3) is 8.17. The van der Waals surface area contributed by atoms with Crippen molar-refractivity contribution in [3.63, 3.8) is 0 Å². The van der Waals surface area contributed by atoms with Gasteiger partial charge in [0.25, 0.3) is 10.1 Å². The Hall–Kier alpha value is -3.65. The summed E-state index contributed by atoms with van der Waals surface area (Å²) in [5.74, 6) is -2.30. The van der Waals surface area contributed by atoms with E-state index in [2.05, 4.69) is 11.6 Å². The first-order valence-electron chi connectivity index (χ1n) is 11.6. The lowest BCUT2D eigenvalue weighted by molar-refractivity contribution is -0.141. The predicted molar refractivity (Wildman–Crippen MR) is 140 cm³/mol. The summed E-state index contributed by atoms with van der Waals surface area (Å²) in [5, 5.41) is 9.68. The molecule has 0 saturated heterocycles. The number of rotatable bonds is 14. The third-order valence-electron chi connectivity index (χ3n) is 5.44. The minimum Gasteiger partial charge on any atom is -0.491 e. The molecule has 208 valence electrons. The topological polar surface area (TPSA) is 140 Å². The van der Waals surface area contributed by atoms with Crippen LogP contribution in [0.3, 0.4) is 0 Å². The summed E-state index contributed by atoms with van der Waals surface area (Å²) in [6.45, 7) is 4.09. The molecule has 0 unspecified atom stereocenters. The van der Waals surface area contributed by atoms with E-state index in [4.69, 9.17) is 8.92 Å². The van der Waals surface area contributed by atoms with Gasteiger partial charge in [-0.15, -0.1) is 0 Å². The number of aromatic nitrogens is 1. The van der Waals surface area contributed by atoms with Crippen molar-refractivity contribution in [3.05, 3.63) is 96.6 Å². The summed E-state index contributed by atoms with van der Waals surface area (Å²) in [6.07, 6.45) is 2.12. The molecule has 10 nitrogen and oxygen atoms in total. The van der Waals surface area contributed by atoms with Gasteiger partial charge in [-0.25, -0.2) is 12.8 Å². The van der Waals surface area contributed by atoms with Crippen LogP contribution in [0.5, 0.6) is 5.75 Å². The zero-order chi connectivity index (χ0) is 28.6. The van der Waals surface area contributed by atoms with Gasteiger partial charge in [0.05, 0.1) is 15.6 Å². The van der Waals surface area contributed by atoms with E-state index in [1.165, 1.54) is 48.8 Å². The van der Waals surface area contributed by atoms with E-state index >= 15 is 0 Å². The van der Waals surface area contributed by atoms with E-state index in [1.807, 2.05) is 6.92 Å². The third-order valence-corrected chi connectivity index (χ3v) is 8.63. The SMILES string of the molecule is C=C(F)C[C@H](C(=O)O)N(Cc1cccnc1)S(=O)(=O)c1ccc(OCCOS(=O)(=O)c2ccc(C)cc2)cc1. The summed E-state index contributed by atoms with van der Waals surface area (Å²) < 4.78 is 76.2. The molecule has 39 heavy (non-hydrogen) atoms. The Labute approximate surface area is 226 Å². The second kappa shape index (κ2) is 12.9. The fourth-order valence-electron chi connectivity index (χ4n) is 3.48. The van der Waals surface area contributed by atoms with Gasteiger partial charge in [0.15, 0.2) is 0 Å². The normalized spacial score (nSPS) is 12.7. The maximum Gasteiger partial charge on any atom is 0.322 e. The molecule has 0 saturated carbocycles. The number of hydrogen-bond acceptors (Lipinski definition) is 8. The molecule has 0 aliphatic heterocycles. The number of nitrogens with zero attached hydrogens (tertiary/aromatic N) is 2. The van der Waals surface area contributed by atoms with Crippen LogP contribution in [0, 0.1) is 6.92 Å². The van der Waals surface area contributed by atoms with Crippen LogP contribution in [-0.4, -0.2) is 56.5 Å². The molecule has 1 aromatic heterocycles. The van der Waals surface area contributed by atoms with Crippen LogP contribution in [0.4, 0.5) is 4.39 Å². The average molecular weight is 579 g/mol. The molecule has 1 heterocycles. The number of pyridine rings is 1. The van der Waals surface area contributed by atoms with Gasteiger partial charge in [0.2, 0.25) is 10.0 Å². The molecule has 2 aromatic carbocycles. The Kier molecular flexibility index (Phi) is 9.92. The molecule has 0 fully saturated rings. The van der Waals surface area contributed by atoms with Crippen LogP contribution in [0.1, 0.15) is 17.5 Å². The number of hydrogen-bond donors (Lipinski definition) is 1. The molecule has 1 atom stereocenters. The summed E-state index contributed by atoms with van der Waals surface area (Å²) in [4.78, 5) is 15.6. The van der Waals surface area contributed by atoms with Crippen molar-refractivity contribution >= 4 is 26.1 Å². The highest BCUT2D eigenvalue weighted by Gasteiger charge is 2.36. The Bertz CT molecular complexity index is 1500. The minimum atomic E-state index is -4.43. The second-order valence-electron chi connectivity index (χ2n) is 8.40. The largest absolute Gasteiger partial charge is 0.491 e. The van der Waals surface area contributed by atoms with Crippen LogP contribution < -0.4 is 4.74 Å². The zero-order valence-corrected chi connectivity index (χ0v) is 22.6. The summed E-state index contributed by atoms with van der Waals surface area (Å²) >= 11 is 0. The molecule has 13 heteroatoms. The van der Waals surface area contributed by atoms with E-state index in [0.717, 1.165) is 5.56 Å². The molecule has 0 spiro atoms. The van der Waals surface area contributed by atoms with Crippen molar-refractivity contribution in [2.24, 2.45) is 0 Å². The van der Waals surface area contributed by atoms with Crippen molar-refractivity contribution in [2.75, 3.05) is 13.2 Å². The number of ether oxygens (including phenoxy) is 1. The van der Waals surface area contributed by atoms with E-state index < -0.39 is 44.4 Å². The zero-order valence-electron chi connectivity index (χ0n) is 20.9. The molecule has 1 N–H and O–H groups in total. The van der Waals surface area contributed by atoms with Crippen molar-refractivity contribution < 1.29 is 40.0 Å². The highest BCUT2D eigenvalue weighted by molar-refractivity contribution is 7.89. The van der Waals surface area contributed by atoms with Gasteiger partial charge in [0, 0.05) is 25.4 Å². The van der Waals surface area contributed by atoms with Gasteiger partial charge in [0.1, 0.15) is 25.0 Å². The van der Waals surface area contributed by atoms with Gasteiger partial charge >= 0.3 is 5.97 Å². The Balaban J connectivity index is 1.72. The minimum absolute atomic E-state index is 0.00879. The van der Waals surface area contributed by atoms with E-state index in [0.29, 0.717) is 9.87 Å². The Morgan fingerprint density at radius 2 is 1.67 bits per heavy atom. The monoisotopic (exact) mass is 578 g/mol. The maximum absolute atomic E-state index is 13.6. The maximum atomic E-state index is 13.6. The number of carboxylic acid groups (broad SMARTS) is 1. The van der Waals surface area contributed by atoms with Crippen LogP contribution in [0.2, 0.25) is 0 Å². The number of benzene rings is 2. The van der Waals surface area contributed by atoms with E-state index in [1.54, 1.807) is 24.3 Å². The molecule has 0 bridgehead atoms. The predicted octanol–water partition coefficient (Wildman–Crippen LogP) is 3.69. The van der Waals surface area contributed by atoms with Gasteiger partial charge in [-0.1, -0.05) is 30.3 Å². The highest BCUT2D eigenvalue weighted by Crippen LogP contribution is 2.26. The number of carboxylic acids is 1. The first-order chi connectivity index (χ1) is 18.4. The van der Waals surface area contributed by atoms with Crippen molar-refractivity contribution in [3.8, 4) is 5.75 Å². The van der Waals surface area contributed by atoms with Crippen molar-refractivity contribution in [1.29, 1.82) is 0 Å². The Morgan fingerprint density at radius 1 is 1.03 bits per heavy atom. The van der Waals surface area contributed by atoms with Gasteiger partial charge in [-0.2, -0.15) is 12.7 Å². The van der Waals surface area contributed by atoms with Gasteiger partial charge in [-0.05, 0) is 55.0 Å². The summed E-state index contributed by atoms with van der Waals surface area (Å²) in [6, 6.07) is 12.6. The van der Waals surface area contributed by atoms with Crippen LogP contribution in [-0.2, 0) is 35.7 Å². The lowest BCUT2D eigenvalue weighted by atomic mass is 10.2. The fraction of sp³-hybridized carbons (Fsp3) is 0.231. The molecule has 0 aliphatic rings. The second-order valence-corrected chi connectivity index (χ2v) is 11.9. The highest BCUT2D eigenvalue weighted by atomic mass is 32.2. The molecule has 0 amide bonds. The first kappa shape index (κ1) is 29.9. The van der Waals surface area contributed by atoms with E-state index in [9.17, 15) is 31.1 Å². The molecular weight excluding hydrogens is 551 g/mol. The molecule has 0 radical (unpaired) electrons. The molecule has 0 aliphatic carbocycles. The standard InChI is InChI=1S/C26H27FN2O8S2/c1-19-5-9-24(10-6-19)39(34,35)37-15-14-36-22-7-11-23(12-8-22)38(32,33)29(18-21-4-3-13-28-17-21)25(26(30)31)16-20(2)27/h3-13,17,25H,2,14-16,18H2,1H3,(H,30,31)/t25-/m1/s1. The molecule has 3 aromatic rings. The molecule has 3 rings (SSSR count). The summed E-state index contributed by atoms with van der Waals surface area (Å²) in [5.41, 5.74) is 1.30. The average Bonchev–Trinajstić information content (AvgIpc) is 2.89. The van der Waals surface area contributed by atoms with Crippen molar-refractivity contribution in [2.45, 2.75) is 35.7 Å². The number of halogens is 1. The smallest absolute Gasteiger partial charge is 0.322 e. The lowest BCUT2D eigenvalue weighted by Crippen LogP contribution is -2.44. The lowest BCUT2D eigenvalue weighted by Gasteiger charge is -2.28. The number of aliphatic carboxylic acids is 1. The summed E-state index contributed by atoms with van der Waals surface area (Å²) in [7, 11) is -8.39. The van der Waals surface area contributed by atoms with Gasteiger partial charge < -0.3 is 9.84 Å². The number of sulfonamides is 1. The quantitative estimate of drug-likeness (QED) is 0.224. The van der Waals surface area contributed by atoms with Crippen molar-refractivity contribution in [1.82, 2.24) is 9.29 Å². The Morgan fingerprint density at radius 3 is 2.23 bits per heavy atom. The first-order valence-corrected chi connectivity index (χ1v) is 14.4. The number of aryl methyl sites for hydroxylation is 1. The van der Waals surface area contributed by atoms with Crippen LogP contribution in [0.15, 0.2) is 95.3 Å². The van der Waals surface area contributed by atoms with Gasteiger partial charge in [-0.3, -0.25) is 14.0 Å². The fourth-order valence-corrected chi connectivity index (χ4v) is 5.94. The molecular formula is C26H27FN2O8S2. The van der Waals surface area contributed by atoms with Crippen LogP contribution in [0.25, 0.3) is 0 Å². The van der Waals surface area contributed by atoms with Crippen LogP contribution >= 0.6 is 0 Å². The van der Waals surface area contributed by atoms with E-state index in [-0.39, 0.29) is 35.3 Å². The number of carbonyl (C=O) groups is 1.